The Morgan fingerprint density at radius 2 is 2.00 bits per heavy atom. The molecule has 2 amide bonds. The number of hydrogen-bond acceptors (Lipinski definition) is 5. The molecule has 1 saturated heterocycles. The number of benzene rings is 1. The van der Waals surface area contributed by atoms with E-state index in [9.17, 15) is 9.59 Å². The monoisotopic (exact) mass is 411 g/mol. The van der Waals surface area contributed by atoms with E-state index in [1.54, 1.807) is 11.0 Å². The second-order valence-electron chi connectivity index (χ2n) is 8.39. The van der Waals surface area contributed by atoms with Gasteiger partial charge in [0, 0.05) is 12.2 Å². The minimum atomic E-state index is -0.505. The van der Waals surface area contributed by atoms with Crippen LogP contribution < -0.4 is 5.32 Å². The van der Waals surface area contributed by atoms with Gasteiger partial charge < -0.3 is 10.2 Å². The molecule has 29 heavy (non-hydrogen) atoms. The van der Waals surface area contributed by atoms with E-state index < -0.39 is 6.04 Å². The number of nitrogens with zero attached hydrogens (tertiary/aromatic N) is 4. The first-order valence-corrected chi connectivity index (χ1v) is 10.6. The summed E-state index contributed by atoms with van der Waals surface area (Å²) in [6, 6.07) is 9.05. The molecule has 0 bridgehead atoms. The minimum absolute atomic E-state index is 0.193. The molecule has 1 aliphatic rings. The maximum Gasteiger partial charge on any atom is 0.275 e. The van der Waals surface area contributed by atoms with Crippen molar-refractivity contribution in [2.45, 2.75) is 52.1 Å². The summed E-state index contributed by atoms with van der Waals surface area (Å²) in [6.07, 6.45) is 1.43. The van der Waals surface area contributed by atoms with Crippen molar-refractivity contribution in [1.82, 2.24) is 19.7 Å². The van der Waals surface area contributed by atoms with Gasteiger partial charge in [-0.05, 0) is 58.7 Å². The highest BCUT2D eigenvalue weighted by Crippen LogP contribution is 2.27. The number of likely N-dealkylation sites (tertiary alicyclic amines) is 1. The van der Waals surface area contributed by atoms with Crippen LogP contribution >= 0.6 is 11.3 Å². The lowest BCUT2D eigenvalue weighted by Crippen LogP contribution is -2.43. The normalized spacial score (nSPS) is 17.1. The van der Waals surface area contributed by atoms with Crippen molar-refractivity contribution < 1.29 is 9.59 Å². The number of anilines is 1. The number of nitrogens with one attached hydrogen (secondary N) is 1. The summed E-state index contributed by atoms with van der Waals surface area (Å²) >= 11 is 1.44. The van der Waals surface area contributed by atoms with Gasteiger partial charge in [-0.15, -0.1) is 0 Å². The van der Waals surface area contributed by atoms with Gasteiger partial charge in [-0.2, -0.15) is 5.10 Å². The highest BCUT2D eigenvalue weighted by atomic mass is 32.1. The molecule has 8 heteroatoms. The molecule has 152 valence electrons. The fourth-order valence-corrected chi connectivity index (χ4v) is 4.67. The molecule has 0 radical (unpaired) electrons. The van der Waals surface area contributed by atoms with Crippen molar-refractivity contribution >= 4 is 38.5 Å². The van der Waals surface area contributed by atoms with Crippen LogP contribution in [0.4, 0.5) is 5.13 Å². The molecule has 0 aliphatic carbocycles. The van der Waals surface area contributed by atoms with E-state index in [2.05, 4.69) is 15.4 Å². The number of thiazole rings is 1. The Hall–Kier alpha value is -2.74. The summed E-state index contributed by atoms with van der Waals surface area (Å²) in [4.78, 5) is 32.1. The third kappa shape index (κ3) is 3.76. The Morgan fingerprint density at radius 1 is 1.24 bits per heavy atom. The zero-order valence-corrected chi connectivity index (χ0v) is 17.9. The largest absolute Gasteiger partial charge is 0.325 e. The first-order valence-electron chi connectivity index (χ1n) is 9.78. The van der Waals surface area contributed by atoms with Crippen LogP contribution in [0.1, 0.15) is 49.8 Å². The van der Waals surface area contributed by atoms with Gasteiger partial charge in [-0.1, -0.05) is 23.5 Å². The van der Waals surface area contributed by atoms with Crippen LogP contribution in [0.2, 0.25) is 0 Å². The molecule has 1 aromatic carbocycles. The molecule has 3 aromatic rings. The summed E-state index contributed by atoms with van der Waals surface area (Å²) in [5, 5.41) is 7.97. The van der Waals surface area contributed by atoms with Gasteiger partial charge >= 0.3 is 0 Å². The van der Waals surface area contributed by atoms with E-state index in [0.29, 0.717) is 23.8 Å². The smallest absolute Gasteiger partial charge is 0.275 e. The van der Waals surface area contributed by atoms with Crippen molar-refractivity contribution in [2.75, 3.05) is 11.9 Å². The number of aromatic nitrogens is 3. The molecule has 1 unspecified atom stereocenters. The van der Waals surface area contributed by atoms with Crippen LogP contribution in [0.25, 0.3) is 10.2 Å². The third-order valence-corrected chi connectivity index (χ3v) is 6.03. The van der Waals surface area contributed by atoms with Crippen LogP contribution in [0.5, 0.6) is 0 Å². The van der Waals surface area contributed by atoms with Crippen molar-refractivity contribution in [2.24, 2.45) is 0 Å². The van der Waals surface area contributed by atoms with Gasteiger partial charge in [0.25, 0.3) is 5.91 Å². The molecule has 1 aliphatic heterocycles. The zero-order valence-electron chi connectivity index (χ0n) is 17.1. The van der Waals surface area contributed by atoms with Gasteiger partial charge in [0.05, 0.1) is 15.8 Å². The molecular formula is C21H25N5O2S. The summed E-state index contributed by atoms with van der Waals surface area (Å²) in [5.74, 6) is -0.389. The van der Waals surface area contributed by atoms with Crippen molar-refractivity contribution in [1.29, 1.82) is 0 Å². The second-order valence-corrected chi connectivity index (χ2v) is 9.42. The molecular weight excluding hydrogens is 386 g/mol. The quantitative estimate of drug-likeness (QED) is 0.711. The van der Waals surface area contributed by atoms with Crippen LogP contribution in [0.15, 0.2) is 30.3 Å². The average Bonchev–Trinajstić information content (AvgIpc) is 3.37. The first-order chi connectivity index (χ1) is 13.7. The number of rotatable bonds is 3. The Kier molecular flexibility index (Phi) is 4.90. The lowest BCUT2D eigenvalue weighted by Gasteiger charge is -2.23. The van der Waals surface area contributed by atoms with Gasteiger partial charge in [0.2, 0.25) is 5.91 Å². The van der Waals surface area contributed by atoms with Crippen molar-refractivity contribution in [3.8, 4) is 0 Å². The molecule has 7 nitrogen and oxygen atoms in total. The van der Waals surface area contributed by atoms with Crippen LogP contribution in [-0.2, 0) is 10.3 Å². The molecule has 0 saturated carbocycles. The van der Waals surface area contributed by atoms with E-state index in [4.69, 9.17) is 0 Å². The van der Waals surface area contributed by atoms with Gasteiger partial charge in [0.15, 0.2) is 10.8 Å². The average molecular weight is 412 g/mol. The highest BCUT2D eigenvalue weighted by molar-refractivity contribution is 7.22. The fraction of sp³-hybridized carbons (Fsp3) is 0.429. The van der Waals surface area contributed by atoms with E-state index in [1.165, 1.54) is 11.3 Å². The number of carbonyl (C=O) groups excluding carboxylic acids is 2. The van der Waals surface area contributed by atoms with Crippen LogP contribution in [-0.4, -0.2) is 44.1 Å². The molecule has 4 rings (SSSR count). The molecule has 0 spiro atoms. The van der Waals surface area contributed by atoms with Crippen molar-refractivity contribution in [3.05, 3.63) is 41.7 Å². The predicted molar refractivity (Wildman–Crippen MR) is 114 cm³/mol. The van der Waals surface area contributed by atoms with Crippen molar-refractivity contribution in [3.63, 3.8) is 0 Å². The van der Waals surface area contributed by atoms with Crippen LogP contribution in [0.3, 0.4) is 0 Å². The second kappa shape index (κ2) is 7.26. The summed E-state index contributed by atoms with van der Waals surface area (Å²) in [5.41, 5.74) is 1.96. The number of aryl methyl sites for hydroxylation is 1. The first kappa shape index (κ1) is 19.6. The summed E-state index contributed by atoms with van der Waals surface area (Å²) in [6.45, 7) is 8.64. The standard InChI is InChI=1S/C21H25N5O2S/c1-13-12-15(24-26(13)21(2,3)4)19(28)25-11-7-9-16(25)18(27)23-20-22-14-8-5-6-10-17(14)29-20/h5-6,8,10,12,16H,7,9,11H2,1-4H3,(H,22,23,27). The number of carbonyl (C=O) groups is 2. The fourth-order valence-electron chi connectivity index (χ4n) is 3.80. The van der Waals surface area contributed by atoms with Gasteiger partial charge in [-0.3, -0.25) is 14.3 Å². The molecule has 1 N–H and O–H groups in total. The lowest BCUT2D eigenvalue weighted by molar-refractivity contribution is -0.119. The topological polar surface area (TPSA) is 80.1 Å². The van der Waals surface area contributed by atoms with Crippen LogP contribution in [0, 0.1) is 6.92 Å². The molecule has 2 aromatic heterocycles. The van der Waals surface area contributed by atoms with Gasteiger partial charge in [0.1, 0.15) is 6.04 Å². The van der Waals surface area contributed by atoms with E-state index in [-0.39, 0.29) is 17.4 Å². The predicted octanol–water partition coefficient (Wildman–Crippen LogP) is 3.80. The maximum atomic E-state index is 13.1. The Balaban J connectivity index is 1.52. The van der Waals surface area contributed by atoms with E-state index in [0.717, 1.165) is 22.3 Å². The highest BCUT2D eigenvalue weighted by Gasteiger charge is 2.36. The van der Waals surface area contributed by atoms with E-state index in [1.807, 2.05) is 56.6 Å². The number of hydrogen-bond donors (Lipinski definition) is 1. The molecule has 1 atom stereocenters. The third-order valence-electron chi connectivity index (χ3n) is 5.08. The molecule has 1 fully saturated rings. The van der Waals surface area contributed by atoms with Gasteiger partial charge in [-0.25, -0.2) is 4.98 Å². The maximum absolute atomic E-state index is 13.1. The minimum Gasteiger partial charge on any atom is -0.325 e. The number of para-hydroxylation sites is 1. The Labute approximate surface area is 173 Å². The number of amides is 2. The SMILES string of the molecule is Cc1cc(C(=O)N2CCCC2C(=O)Nc2nc3ccccc3s2)nn1C(C)(C)C. The molecule has 3 heterocycles. The number of fused-ring (bicyclic) bond motifs is 1. The zero-order chi connectivity index (χ0) is 20.8. The Bertz CT molecular complexity index is 1050. The van der Waals surface area contributed by atoms with E-state index >= 15 is 0 Å². The summed E-state index contributed by atoms with van der Waals surface area (Å²) < 4.78 is 2.87. The Morgan fingerprint density at radius 3 is 2.69 bits per heavy atom. The summed E-state index contributed by atoms with van der Waals surface area (Å²) in [7, 11) is 0. The lowest BCUT2D eigenvalue weighted by atomic mass is 10.1.